The highest BCUT2D eigenvalue weighted by Gasteiger charge is 2.11. The Bertz CT molecular complexity index is 744. The van der Waals surface area contributed by atoms with E-state index >= 15 is 0 Å². The molecule has 26 heavy (non-hydrogen) atoms. The molecule has 0 saturated carbocycles. The van der Waals surface area contributed by atoms with Gasteiger partial charge in [-0.05, 0) is 28.8 Å². The minimum Gasteiger partial charge on any atom is -0.489 e. The molecular formula is C22H21ClO3. The van der Waals surface area contributed by atoms with Gasteiger partial charge < -0.3 is 14.6 Å². The summed E-state index contributed by atoms with van der Waals surface area (Å²) < 4.78 is 11.8. The Morgan fingerprint density at radius 2 is 1.19 bits per heavy atom. The topological polar surface area (TPSA) is 38.7 Å². The predicted octanol–water partition coefficient (Wildman–Crippen LogP) is 5.12. The fourth-order valence-electron chi connectivity index (χ4n) is 2.52. The van der Waals surface area contributed by atoms with E-state index in [1.807, 2.05) is 66.7 Å². The SMILES string of the molecule is O[C@H](CCl)c1cc(OCc2ccccc2)cc(OCc2ccccc2)c1. The second-order valence-corrected chi connectivity index (χ2v) is 6.27. The molecule has 0 unspecified atom stereocenters. The van der Waals surface area contributed by atoms with Gasteiger partial charge in [0.25, 0.3) is 0 Å². The average Bonchev–Trinajstić information content (AvgIpc) is 2.71. The van der Waals surface area contributed by atoms with Gasteiger partial charge in [0.1, 0.15) is 24.7 Å². The number of alkyl halides is 1. The first-order valence-electron chi connectivity index (χ1n) is 8.47. The molecule has 0 aromatic heterocycles. The van der Waals surface area contributed by atoms with E-state index in [0.29, 0.717) is 30.3 Å². The van der Waals surface area contributed by atoms with Crippen molar-refractivity contribution in [2.45, 2.75) is 19.3 Å². The monoisotopic (exact) mass is 368 g/mol. The van der Waals surface area contributed by atoms with Crippen LogP contribution in [0.2, 0.25) is 0 Å². The summed E-state index contributed by atoms with van der Waals surface area (Å²) in [6.45, 7) is 0.888. The molecule has 3 rings (SSSR count). The van der Waals surface area contributed by atoms with Crippen molar-refractivity contribution < 1.29 is 14.6 Å². The van der Waals surface area contributed by atoms with Crippen molar-refractivity contribution >= 4 is 11.6 Å². The Kier molecular flexibility index (Phi) is 6.53. The van der Waals surface area contributed by atoms with Crippen LogP contribution in [0.5, 0.6) is 11.5 Å². The third-order valence-electron chi connectivity index (χ3n) is 3.93. The normalized spacial score (nSPS) is 11.8. The first kappa shape index (κ1) is 18.3. The number of aliphatic hydroxyl groups is 1. The van der Waals surface area contributed by atoms with E-state index in [-0.39, 0.29) is 5.88 Å². The van der Waals surface area contributed by atoms with Crippen LogP contribution in [-0.2, 0) is 13.2 Å². The van der Waals surface area contributed by atoms with Crippen molar-refractivity contribution in [2.75, 3.05) is 5.88 Å². The van der Waals surface area contributed by atoms with Crippen LogP contribution in [-0.4, -0.2) is 11.0 Å². The van der Waals surface area contributed by atoms with Crippen LogP contribution >= 0.6 is 11.6 Å². The number of hydrogen-bond acceptors (Lipinski definition) is 3. The molecule has 0 aliphatic heterocycles. The largest absolute Gasteiger partial charge is 0.489 e. The lowest BCUT2D eigenvalue weighted by molar-refractivity contribution is 0.200. The molecule has 4 heteroatoms. The molecule has 0 aliphatic carbocycles. The van der Waals surface area contributed by atoms with Crippen LogP contribution in [0.3, 0.4) is 0 Å². The summed E-state index contributed by atoms with van der Waals surface area (Å²) in [5.74, 6) is 1.39. The van der Waals surface area contributed by atoms with Crippen LogP contribution in [0.25, 0.3) is 0 Å². The number of rotatable bonds is 8. The van der Waals surface area contributed by atoms with Crippen molar-refractivity contribution in [1.82, 2.24) is 0 Å². The molecule has 1 atom stereocenters. The lowest BCUT2D eigenvalue weighted by Gasteiger charge is -2.14. The fraction of sp³-hybridized carbons (Fsp3) is 0.182. The van der Waals surface area contributed by atoms with E-state index in [2.05, 4.69) is 0 Å². The average molecular weight is 369 g/mol. The summed E-state index contributed by atoms with van der Waals surface area (Å²) in [4.78, 5) is 0. The highest BCUT2D eigenvalue weighted by molar-refractivity contribution is 6.18. The van der Waals surface area contributed by atoms with E-state index < -0.39 is 6.10 Å². The van der Waals surface area contributed by atoms with Crippen molar-refractivity contribution in [3.8, 4) is 11.5 Å². The zero-order chi connectivity index (χ0) is 18.2. The van der Waals surface area contributed by atoms with Gasteiger partial charge in [-0.2, -0.15) is 0 Å². The van der Waals surface area contributed by atoms with Gasteiger partial charge in [0.05, 0.1) is 12.0 Å². The maximum atomic E-state index is 10.1. The zero-order valence-corrected chi connectivity index (χ0v) is 15.1. The minimum absolute atomic E-state index is 0.111. The summed E-state index contributed by atoms with van der Waals surface area (Å²) in [6, 6.07) is 25.3. The van der Waals surface area contributed by atoms with Gasteiger partial charge in [0, 0.05) is 6.07 Å². The number of benzene rings is 3. The molecule has 3 aromatic rings. The van der Waals surface area contributed by atoms with Crippen LogP contribution in [0.15, 0.2) is 78.9 Å². The van der Waals surface area contributed by atoms with Crippen LogP contribution in [0.1, 0.15) is 22.8 Å². The first-order valence-corrected chi connectivity index (χ1v) is 9.00. The summed E-state index contributed by atoms with van der Waals surface area (Å²) in [5, 5.41) is 10.1. The molecular weight excluding hydrogens is 348 g/mol. The highest BCUT2D eigenvalue weighted by atomic mass is 35.5. The molecule has 134 valence electrons. The Labute approximate surface area is 158 Å². The molecule has 0 radical (unpaired) electrons. The summed E-state index contributed by atoms with van der Waals surface area (Å²) in [5.41, 5.74) is 2.82. The number of aliphatic hydroxyl groups excluding tert-OH is 1. The predicted molar refractivity (Wildman–Crippen MR) is 104 cm³/mol. The van der Waals surface area contributed by atoms with Gasteiger partial charge in [-0.3, -0.25) is 0 Å². The van der Waals surface area contributed by atoms with Crippen LogP contribution in [0.4, 0.5) is 0 Å². The maximum Gasteiger partial charge on any atom is 0.123 e. The van der Waals surface area contributed by atoms with E-state index in [4.69, 9.17) is 21.1 Å². The Morgan fingerprint density at radius 3 is 1.62 bits per heavy atom. The fourth-order valence-corrected chi connectivity index (χ4v) is 2.70. The molecule has 0 heterocycles. The molecule has 0 saturated heterocycles. The van der Waals surface area contributed by atoms with Gasteiger partial charge in [-0.1, -0.05) is 60.7 Å². The number of halogens is 1. The molecule has 0 fully saturated rings. The molecule has 3 nitrogen and oxygen atoms in total. The zero-order valence-electron chi connectivity index (χ0n) is 14.3. The van der Waals surface area contributed by atoms with Gasteiger partial charge in [0.2, 0.25) is 0 Å². The van der Waals surface area contributed by atoms with Crippen molar-refractivity contribution in [2.24, 2.45) is 0 Å². The highest BCUT2D eigenvalue weighted by Crippen LogP contribution is 2.28. The smallest absolute Gasteiger partial charge is 0.123 e. The third kappa shape index (κ3) is 5.25. The van der Waals surface area contributed by atoms with Crippen molar-refractivity contribution in [1.29, 1.82) is 0 Å². The number of ether oxygens (including phenoxy) is 2. The summed E-state index contributed by atoms with van der Waals surface area (Å²) >= 11 is 5.81. The Morgan fingerprint density at radius 1 is 0.731 bits per heavy atom. The van der Waals surface area contributed by atoms with Gasteiger partial charge in [-0.15, -0.1) is 11.6 Å². The van der Waals surface area contributed by atoms with E-state index in [9.17, 15) is 5.11 Å². The van der Waals surface area contributed by atoms with Crippen molar-refractivity contribution in [3.05, 3.63) is 95.6 Å². The molecule has 0 spiro atoms. The molecule has 0 amide bonds. The molecule has 0 aliphatic rings. The lowest BCUT2D eigenvalue weighted by atomic mass is 10.1. The van der Waals surface area contributed by atoms with E-state index in [1.54, 1.807) is 12.1 Å². The Balaban J connectivity index is 1.74. The van der Waals surface area contributed by atoms with Gasteiger partial charge >= 0.3 is 0 Å². The van der Waals surface area contributed by atoms with Crippen LogP contribution in [0, 0.1) is 0 Å². The maximum absolute atomic E-state index is 10.1. The summed E-state index contributed by atoms with van der Waals surface area (Å²) in [7, 11) is 0. The third-order valence-corrected chi connectivity index (χ3v) is 4.22. The second-order valence-electron chi connectivity index (χ2n) is 5.96. The quantitative estimate of drug-likeness (QED) is 0.561. The van der Waals surface area contributed by atoms with Crippen molar-refractivity contribution in [3.63, 3.8) is 0 Å². The standard InChI is InChI=1S/C22H21ClO3/c23-14-22(24)19-11-20(25-15-17-7-3-1-4-8-17)13-21(12-19)26-16-18-9-5-2-6-10-18/h1-13,22,24H,14-16H2/t22-/m1/s1. The van der Waals surface area contributed by atoms with E-state index in [1.165, 1.54) is 0 Å². The molecule has 0 bridgehead atoms. The first-order chi connectivity index (χ1) is 12.7. The molecule has 3 aromatic carbocycles. The van der Waals surface area contributed by atoms with Gasteiger partial charge in [0.15, 0.2) is 0 Å². The van der Waals surface area contributed by atoms with Crippen LogP contribution < -0.4 is 9.47 Å². The van der Waals surface area contributed by atoms with Gasteiger partial charge in [-0.25, -0.2) is 0 Å². The summed E-state index contributed by atoms with van der Waals surface area (Å²) in [6.07, 6.45) is -0.768. The lowest BCUT2D eigenvalue weighted by Crippen LogP contribution is -2.03. The minimum atomic E-state index is -0.768. The number of hydrogen-bond donors (Lipinski definition) is 1. The second kappa shape index (κ2) is 9.27. The Hall–Kier alpha value is -2.49. The van der Waals surface area contributed by atoms with E-state index in [0.717, 1.165) is 11.1 Å². The molecule has 1 N–H and O–H groups in total.